The van der Waals surface area contributed by atoms with E-state index in [4.69, 9.17) is 19.4 Å². The molecule has 8 aromatic rings. The Morgan fingerprint density at radius 2 is 0.686 bits per heavy atom. The molecule has 9 rings (SSSR count). The van der Waals surface area contributed by atoms with Crippen LogP contribution in [0.4, 0.5) is 0 Å². The molecule has 364 valence electrons. The molecule has 0 saturated heterocycles. The quantitative estimate of drug-likeness (QED) is 0.158. The predicted octanol–water partition coefficient (Wildman–Crippen LogP) is 15.4. The average Bonchev–Trinajstić information content (AvgIpc) is 3.89. The molecule has 6 aromatic carbocycles. The summed E-state index contributed by atoms with van der Waals surface area (Å²) >= 11 is 3.42. The molecule has 0 spiro atoms. The molecule has 0 radical (unpaired) electrons. The number of thiazole rings is 2. The van der Waals surface area contributed by atoms with Crippen LogP contribution in [0.25, 0.3) is 20.4 Å². The van der Waals surface area contributed by atoms with Crippen LogP contribution in [-0.4, -0.2) is 33.4 Å². The van der Waals surface area contributed by atoms with Crippen LogP contribution in [0.15, 0.2) is 97.1 Å². The Kier molecular flexibility index (Phi) is 13.2. The van der Waals surface area contributed by atoms with E-state index < -0.39 is 0 Å². The fourth-order valence-electron chi connectivity index (χ4n) is 9.55. The summed E-state index contributed by atoms with van der Waals surface area (Å²) in [6.07, 6.45) is 3.12. The Labute approximate surface area is 423 Å². The summed E-state index contributed by atoms with van der Waals surface area (Å²) in [5, 5.41) is 27.6. The van der Waals surface area contributed by atoms with Crippen molar-refractivity contribution in [3.63, 3.8) is 0 Å². The maximum atomic E-state index is 12.8. The second kappa shape index (κ2) is 18.8. The molecule has 0 atom stereocenters. The number of rotatable bonds is 8. The van der Waals surface area contributed by atoms with E-state index in [-0.39, 0.29) is 21.7 Å². The third-order valence-electron chi connectivity index (χ3n) is 13.8. The Morgan fingerprint density at radius 1 is 0.414 bits per heavy atom. The highest BCUT2D eigenvalue weighted by Gasteiger charge is 2.29. The van der Waals surface area contributed by atoms with Gasteiger partial charge in [0, 0.05) is 38.5 Å². The van der Waals surface area contributed by atoms with E-state index in [1.165, 1.54) is 20.5 Å². The summed E-state index contributed by atoms with van der Waals surface area (Å²) in [6.45, 7) is 27.8. The number of fused-ring (bicyclic) bond motifs is 10. The maximum absolute atomic E-state index is 12.8. The minimum atomic E-state index is -0.201. The molecular weight excluding hydrogens is 901 g/mol. The van der Waals surface area contributed by atoms with Crippen molar-refractivity contribution >= 4 is 43.1 Å². The van der Waals surface area contributed by atoms with Gasteiger partial charge in [0.1, 0.15) is 23.0 Å². The third-order valence-corrected chi connectivity index (χ3v) is 16.0. The first-order valence-corrected chi connectivity index (χ1v) is 26.6. The minimum Gasteiger partial charge on any atom is -0.507 e. The highest BCUT2D eigenvalue weighted by atomic mass is 32.1. The Balaban J connectivity index is 1.25. The van der Waals surface area contributed by atoms with Gasteiger partial charge >= 0.3 is 0 Å². The van der Waals surface area contributed by atoms with Crippen LogP contribution in [0.1, 0.15) is 160 Å². The van der Waals surface area contributed by atoms with Crippen LogP contribution < -0.4 is 9.47 Å². The topological polar surface area (TPSA) is 84.7 Å². The molecule has 2 aromatic heterocycles. The van der Waals surface area contributed by atoms with Crippen LogP contribution in [0.3, 0.4) is 0 Å². The molecule has 0 aliphatic heterocycles. The van der Waals surface area contributed by atoms with Gasteiger partial charge in [0.15, 0.2) is 0 Å². The zero-order chi connectivity index (χ0) is 49.9. The standard InChI is InChI=1S/C62H70N2O4S2/c1-59(2,3)45-29-37-25-41-33-47(61(7,8)9)35-43(57(41)67-23-21-53-63-49-17-13-15-19-51(49)69-53)27-39-31-46(60(4,5)6)32-40(56(39)66)28-44-36-48(62(10,11)12)34-42(26-38(30-45)55(37)65)58(44)68-24-22-54-64-50-18-14-16-20-52(50)70-54/h13-20,29-36,65-66H,21-28H2,1-12H3. The normalized spacial score (nSPS) is 13.5. The number of aromatic hydroxyl groups is 2. The monoisotopic (exact) mass is 970 g/mol. The summed E-state index contributed by atoms with van der Waals surface area (Å²) < 4.78 is 16.5. The summed E-state index contributed by atoms with van der Waals surface area (Å²) in [7, 11) is 0. The van der Waals surface area contributed by atoms with E-state index in [1.807, 2.05) is 12.1 Å². The van der Waals surface area contributed by atoms with Crippen LogP contribution >= 0.6 is 22.7 Å². The number of benzene rings is 6. The molecule has 8 bridgehead atoms. The number of nitrogens with zero attached hydrogens (tertiary/aromatic N) is 2. The molecular formula is C62H70N2O4S2. The van der Waals surface area contributed by atoms with Crippen LogP contribution in [0.2, 0.25) is 0 Å². The highest BCUT2D eigenvalue weighted by Crippen LogP contribution is 2.44. The molecule has 0 unspecified atom stereocenters. The van der Waals surface area contributed by atoms with Gasteiger partial charge in [0.25, 0.3) is 0 Å². The SMILES string of the molecule is CC(C)(C)c1cc2c(O)c(c1)Cc1cc(C(C)(C)C)cc(c1OCCc1nc3ccccc3s1)Cc1cc(C(C)(C)C)cc(c1O)Cc1cc(C(C)(C)C)cc(c1OCCc1nc3ccccc3s1)C2. The Morgan fingerprint density at radius 3 is 0.957 bits per heavy atom. The predicted molar refractivity (Wildman–Crippen MR) is 293 cm³/mol. The van der Waals surface area contributed by atoms with Gasteiger partial charge in [-0.05, 0) is 113 Å². The summed E-state index contributed by atoms with van der Waals surface area (Å²) in [5.74, 6) is 2.19. The van der Waals surface area contributed by atoms with Crippen molar-refractivity contribution in [3.8, 4) is 23.0 Å². The van der Waals surface area contributed by atoms with Crippen molar-refractivity contribution in [2.24, 2.45) is 0 Å². The van der Waals surface area contributed by atoms with E-state index >= 15 is 0 Å². The van der Waals surface area contributed by atoms with Gasteiger partial charge in [-0.25, -0.2) is 9.97 Å². The lowest BCUT2D eigenvalue weighted by molar-refractivity contribution is 0.315. The Bertz CT molecular complexity index is 2860. The van der Waals surface area contributed by atoms with Crippen molar-refractivity contribution in [1.29, 1.82) is 0 Å². The van der Waals surface area contributed by atoms with Crippen molar-refractivity contribution in [2.75, 3.05) is 13.2 Å². The number of hydrogen-bond donors (Lipinski definition) is 2. The molecule has 0 amide bonds. The zero-order valence-corrected chi connectivity index (χ0v) is 44.9. The Hall–Kier alpha value is -5.70. The minimum absolute atomic E-state index is 0.193. The summed E-state index contributed by atoms with van der Waals surface area (Å²) in [5.41, 5.74) is 13.3. The fraction of sp³-hybridized carbons (Fsp3) is 0.387. The van der Waals surface area contributed by atoms with Gasteiger partial charge in [-0.3, -0.25) is 0 Å². The number of aromatic nitrogens is 2. The lowest BCUT2D eigenvalue weighted by atomic mass is 9.79. The number of hydrogen-bond acceptors (Lipinski definition) is 8. The lowest BCUT2D eigenvalue weighted by Gasteiger charge is -2.28. The second-order valence-electron chi connectivity index (χ2n) is 23.6. The molecule has 8 heteroatoms. The highest BCUT2D eigenvalue weighted by molar-refractivity contribution is 7.18. The van der Waals surface area contributed by atoms with E-state index in [0.717, 1.165) is 88.2 Å². The molecule has 0 fully saturated rings. The van der Waals surface area contributed by atoms with Gasteiger partial charge in [-0.2, -0.15) is 0 Å². The lowest BCUT2D eigenvalue weighted by Crippen LogP contribution is -2.17. The molecule has 1 aliphatic rings. The summed E-state index contributed by atoms with van der Waals surface area (Å²) in [4.78, 5) is 9.89. The van der Waals surface area contributed by atoms with Gasteiger partial charge in [0.05, 0.1) is 43.7 Å². The largest absolute Gasteiger partial charge is 0.507 e. The van der Waals surface area contributed by atoms with Gasteiger partial charge in [-0.1, -0.05) is 156 Å². The van der Waals surface area contributed by atoms with Crippen molar-refractivity contribution in [1.82, 2.24) is 9.97 Å². The maximum Gasteiger partial charge on any atom is 0.126 e. The van der Waals surface area contributed by atoms with Gasteiger partial charge in [0.2, 0.25) is 0 Å². The first-order chi connectivity index (χ1) is 33.0. The molecule has 1 aliphatic carbocycles. The van der Waals surface area contributed by atoms with Crippen molar-refractivity contribution < 1.29 is 19.7 Å². The van der Waals surface area contributed by atoms with Crippen molar-refractivity contribution in [3.05, 3.63) is 174 Å². The molecule has 2 N–H and O–H groups in total. The second-order valence-corrected chi connectivity index (χ2v) is 25.8. The first-order valence-electron chi connectivity index (χ1n) is 25.0. The zero-order valence-electron chi connectivity index (χ0n) is 43.3. The van der Waals surface area contributed by atoms with Crippen LogP contribution in [0, 0.1) is 0 Å². The molecule has 70 heavy (non-hydrogen) atoms. The number of para-hydroxylation sites is 2. The number of phenolic OH excluding ortho intramolecular Hbond substituents is 2. The average molecular weight is 971 g/mol. The summed E-state index contributed by atoms with van der Waals surface area (Å²) in [6, 6.07) is 34.5. The number of phenols is 2. The van der Waals surface area contributed by atoms with Crippen molar-refractivity contribution in [2.45, 2.75) is 143 Å². The van der Waals surface area contributed by atoms with Crippen LogP contribution in [0.5, 0.6) is 23.0 Å². The van der Waals surface area contributed by atoms with Crippen LogP contribution in [-0.2, 0) is 60.2 Å². The van der Waals surface area contributed by atoms with E-state index in [0.29, 0.717) is 63.2 Å². The van der Waals surface area contributed by atoms with E-state index in [9.17, 15) is 10.2 Å². The molecule has 2 heterocycles. The molecule has 6 nitrogen and oxygen atoms in total. The third kappa shape index (κ3) is 10.6. The van der Waals surface area contributed by atoms with E-state index in [2.05, 4.69) is 168 Å². The molecule has 0 saturated carbocycles. The first kappa shape index (κ1) is 49.3. The van der Waals surface area contributed by atoms with Gasteiger partial charge < -0.3 is 19.7 Å². The van der Waals surface area contributed by atoms with E-state index in [1.54, 1.807) is 22.7 Å². The number of ether oxygens (including phenoxy) is 2. The van der Waals surface area contributed by atoms with Gasteiger partial charge in [-0.15, -0.1) is 22.7 Å². The fourth-order valence-corrected chi connectivity index (χ4v) is 11.4. The smallest absolute Gasteiger partial charge is 0.126 e.